The average Bonchev–Trinajstić information content (AvgIpc) is 3.17. The molecule has 8 heteroatoms. The van der Waals surface area contributed by atoms with Crippen LogP contribution in [0.15, 0.2) is 4.79 Å². The smallest absolute Gasteiger partial charge is 0.259 e. The summed E-state index contributed by atoms with van der Waals surface area (Å²) >= 11 is 3.28. The van der Waals surface area contributed by atoms with Crippen LogP contribution in [0.1, 0.15) is 43.0 Å². The molecule has 0 bridgehead atoms. The average molecular weight is 395 g/mol. The number of nitrogens with one attached hydrogen (secondary N) is 3. The topological polar surface area (TPSA) is 86.9 Å². The van der Waals surface area contributed by atoms with Gasteiger partial charge in [0, 0.05) is 29.6 Å². The maximum atomic E-state index is 12.4. The van der Waals surface area contributed by atoms with Gasteiger partial charge in [-0.3, -0.25) is 9.59 Å². The normalized spacial score (nSPS) is 14.5. The van der Waals surface area contributed by atoms with Crippen LogP contribution in [0.2, 0.25) is 0 Å². The number of rotatable bonds is 9. The molecule has 1 atom stereocenters. The molecule has 2 aromatic rings. The third-order valence-electron chi connectivity index (χ3n) is 4.49. The molecule has 2 heterocycles. The SMILES string of the molecule is CCN[C@H](C)CNC(=O)CCSCc1nc2sc3c(c2c(=O)[nH]1)CCC3. The van der Waals surface area contributed by atoms with Gasteiger partial charge in [-0.2, -0.15) is 11.8 Å². The van der Waals surface area contributed by atoms with Crippen molar-refractivity contribution in [1.29, 1.82) is 0 Å². The number of amides is 1. The molecule has 6 nitrogen and oxygen atoms in total. The van der Waals surface area contributed by atoms with Crippen LogP contribution in [0.5, 0.6) is 0 Å². The first kappa shape index (κ1) is 19.4. The minimum Gasteiger partial charge on any atom is -0.355 e. The van der Waals surface area contributed by atoms with Crippen molar-refractivity contribution < 1.29 is 4.79 Å². The second kappa shape index (κ2) is 9.01. The highest BCUT2D eigenvalue weighted by Crippen LogP contribution is 2.34. The number of carbonyl (C=O) groups excluding carboxylic acids is 1. The number of H-pyrrole nitrogens is 1. The molecular weight excluding hydrogens is 368 g/mol. The summed E-state index contributed by atoms with van der Waals surface area (Å²) in [6.45, 7) is 5.65. The lowest BCUT2D eigenvalue weighted by Crippen LogP contribution is -2.38. The van der Waals surface area contributed by atoms with Gasteiger partial charge >= 0.3 is 0 Å². The Kier molecular flexibility index (Phi) is 6.72. The molecule has 3 N–H and O–H groups in total. The summed E-state index contributed by atoms with van der Waals surface area (Å²) in [7, 11) is 0. The number of hydrogen-bond donors (Lipinski definition) is 3. The molecule has 142 valence electrons. The van der Waals surface area contributed by atoms with Crippen molar-refractivity contribution in [3.63, 3.8) is 0 Å². The van der Waals surface area contributed by atoms with Gasteiger partial charge in [-0.1, -0.05) is 6.92 Å². The first-order valence-electron chi connectivity index (χ1n) is 9.19. The highest BCUT2D eigenvalue weighted by atomic mass is 32.2. The molecule has 2 aromatic heterocycles. The maximum Gasteiger partial charge on any atom is 0.259 e. The van der Waals surface area contributed by atoms with E-state index in [-0.39, 0.29) is 17.5 Å². The van der Waals surface area contributed by atoms with Gasteiger partial charge in [0.1, 0.15) is 10.7 Å². The van der Waals surface area contributed by atoms with Gasteiger partial charge in [-0.05, 0) is 38.3 Å². The zero-order valence-corrected chi connectivity index (χ0v) is 16.9. The number of fused-ring (bicyclic) bond motifs is 3. The lowest BCUT2D eigenvalue weighted by Gasteiger charge is -2.13. The van der Waals surface area contributed by atoms with Gasteiger partial charge < -0.3 is 15.6 Å². The lowest BCUT2D eigenvalue weighted by molar-refractivity contribution is -0.120. The Balaban J connectivity index is 1.47. The van der Waals surface area contributed by atoms with Gasteiger partial charge in [0.25, 0.3) is 5.56 Å². The number of carbonyl (C=O) groups is 1. The Morgan fingerprint density at radius 1 is 1.42 bits per heavy atom. The van der Waals surface area contributed by atoms with E-state index in [2.05, 4.69) is 34.4 Å². The minimum atomic E-state index is -0.0137. The number of aromatic amines is 1. The quantitative estimate of drug-likeness (QED) is 0.568. The zero-order valence-electron chi connectivity index (χ0n) is 15.3. The van der Waals surface area contributed by atoms with E-state index in [0.717, 1.165) is 36.0 Å². The minimum absolute atomic E-state index is 0.0137. The molecule has 0 saturated carbocycles. The van der Waals surface area contributed by atoms with Gasteiger partial charge in [0.05, 0.1) is 11.1 Å². The van der Waals surface area contributed by atoms with Gasteiger partial charge in [0.15, 0.2) is 0 Å². The van der Waals surface area contributed by atoms with Crippen LogP contribution in [0, 0.1) is 0 Å². The Morgan fingerprint density at radius 3 is 3.08 bits per heavy atom. The highest BCUT2D eigenvalue weighted by molar-refractivity contribution is 7.98. The van der Waals surface area contributed by atoms with Crippen LogP contribution >= 0.6 is 23.1 Å². The van der Waals surface area contributed by atoms with Crippen molar-refractivity contribution in [2.75, 3.05) is 18.8 Å². The van der Waals surface area contributed by atoms with Crippen molar-refractivity contribution in [1.82, 2.24) is 20.6 Å². The molecule has 0 unspecified atom stereocenters. The van der Waals surface area contributed by atoms with Crippen molar-refractivity contribution in [2.45, 2.75) is 51.3 Å². The number of thiophene rings is 1. The molecule has 0 fully saturated rings. The van der Waals surface area contributed by atoms with Crippen molar-refractivity contribution in [3.8, 4) is 0 Å². The summed E-state index contributed by atoms with van der Waals surface area (Å²) < 4.78 is 0. The van der Waals surface area contributed by atoms with E-state index in [0.29, 0.717) is 30.3 Å². The van der Waals surface area contributed by atoms with Gasteiger partial charge in [-0.15, -0.1) is 11.3 Å². The predicted octanol–water partition coefficient (Wildman–Crippen LogP) is 2.21. The predicted molar refractivity (Wildman–Crippen MR) is 109 cm³/mol. The fourth-order valence-corrected chi connectivity index (χ4v) is 5.31. The van der Waals surface area contributed by atoms with Crippen LogP contribution in [-0.4, -0.2) is 40.8 Å². The number of aryl methyl sites for hydroxylation is 2. The molecule has 0 aromatic carbocycles. The van der Waals surface area contributed by atoms with Gasteiger partial charge in [0.2, 0.25) is 5.91 Å². The van der Waals surface area contributed by atoms with E-state index < -0.39 is 0 Å². The molecule has 0 radical (unpaired) electrons. The van der Waals surface area contributed by atoms with E-state index in [1.807, 2.05) is 0 Å². The van der Waals surface area contributed by atoms with E-state index in [9.17, 15) is 9.59 Å². The van der Waals surface area contributed by atoms with Crippen LogP contribution < -0.4 is 16.2 Å². The Labute approximate surface area is 161 Å². The Bertz CT molecular complexity index is 830. The first-order chi connectivity index (χ1) is 12.6. The summed E-state index contributed by atoms with van der Waals surface area (Å²) in [4.78, 5) is 34.0. The summed E-state index contributed by atoms with van der Waals surface area (Å²) in [5.41, 5.74) is 1.20. The summed E-state index contributed by atoms with van der Waals surface area (Å²) in [6, 6.07) is 0.282. The molecule has 0 saturated heterocycles. The number of aromatic nitrogens is 2. The maximum absolute atomic E-state index is 12.4. The second-order valence-electron chi connectivity index (χ2n) is 6.62. The summed E-state index contributed by atoms with van der Waals surface area (Å²) in [6.07, 6.45) is 3.68. The molecule has 0 spiro atoms. The fraction of sp³-hybridized carbons (Fsp3) is 0.611. The molecule has 1 aliphatic carbocycles. The third kappa shape index (κ3) is 4.66. The molecule has 1 amide bonds. The van der Waals surface area contributed by atoms with Crippen molar-refractivity contribution in [2.24, 2.45) is 0 Å². The molecular formula is C18H26N4O2S2. The monoisotopic (exact) mass is 394 g/mol. The fourth-order valence-electron chi connectivity index (χ4n) is 3.22. The lowest BCUT2D eigenvalue weighted by atomic mass is 10.2. The van der Waals surface area contributed by atoms with Crippen molar-refractivity contribution >= 4 is 39.2 Å². The highest BCUT2D eigenvalue weighted by Gasteiger charge is 2.21. The van der Waals surface area contributed by atoms with Crippen LogP contribution in [0.25, 0.3) is 10.2 Å². The van der Waals surface area contributed by atoms with E-state index >= 15 is 0 Å². The Morgan fingerprint density at radius 2 is 2.27 bits per heavy atom. The first-order valence-corrected chi connectivity index (χ1v) is 11.2. The third-order valence-corrected chi connectivity index (χ3v) is 6.65. The van der Waals surface area contributed by atoms with E-state index in [4.69, 9.17) is 0 Å². The van der Waals surface area contributed by atoms with Crippen LogP contribution in [-0.2, 0) is 23.4 Å². The number of likely N-dealkylation sites (N-methyl/N-ethyl adjacent to an activating group) is 1. The second-order valence-corrected chi connectivity index (χ2v) is 8.80. The number of thioether (sulfide) groups is 1. The van der Waals surface area contributed by atoms with Crippen molar-refractivity contribution in [3.05, 3.63) is 26.6 Å². The number of hydrogen-bond acceptors (Lipinski definition) is 6. The summed E-state index contributed by atoms with van der Waals surface area (Å²) in [5.74, 6) is 2.10. The van der Waals surface area contributed by atoms with Gasteiger partial charge in [-0.25, -0.2) is 4.98 Å². The number of nitrogens with zero attached hydrogens (tertiary/aromatic N) is 1. The van der Waals surface area contributed by atoms with E-state index in [1.165, 1.54) is 10.4 Å². The standard InChI is InChI=1S/C18H26N4O2S2/c1-3-19-11(2)9-20-15(23)7-8-25-10-14-21-17(24)16-12-5-4-6-13(12)26-18(16)22-14/h11,19H,3-10H2,1-2H3,(H,20,23)(H,21,22,24)/t11-/m1/s1. The largest absolute Gasteiger partial charge is 0.355 e. The molecule has 0 aliphatic heterocycles. The molecule has 1 aliphatic rings. The molecule has 26 heavy (non-hydrogen) atoms. The van der Waals surface area contributed by atoms with Crippen LogP contribution in [0.4, 0.5) is 0 Å². The Hall–Kier alpha value is -1.38. The molecule has 3 rings (SSSR count). The zero-order chi connectivity index (χ0) is 18.5. The van der Waals surface area contributed by atoms with E-state index in [1.54, 1.807) is 23.1 Å². The van der Waals surface area contributed by atoms with Crippen LogP contribution in [0.3, 0.4) is 0 Å². The summed E-state index contributed by atoms with van der Waals surface area (Å²) in [5, 5.41) is 6.99.